The van der Waals surface area contributed by atoms with E-state index in [0.29, 0.717) is 22.4 Å². The number of aliphatic hydroxyl groups is 1. The normalized spacial score (nSPS) is 21.6. The van der Waals surface area contributed by atoms with Gasteiger partial charge in [-0.1, -0.05) is 18.3 Å². The molecule has 0 radical (unpaired) electrons. The molecule has 0 saturated heterocycles. The van der Waals surface area contributed by atoms with Crippen LogP contribution < -0.4 is 11.5 Å². The smallest absolute Gasteiger partial charge is 0.155 e. The first-order valence-corrected chi connectivity index (χ1v) is 6.38. The summed E-state index contributed by atoms with van der Waals surface area (Å²) in [5.74, 6) is 0.317. The van der Waals surface area contributed by atoms with E-state index in [1.54, 1.807) is 16.8 Å². The van der Waals surface area contributed by atoms with E-state index in [4.69, 9.17) is 33.5 Å². The lowest BCUT2D eigenvalue weighted by Crippen LogP contribution is -2.15. The van der Waals surface area contributed by atoms with Crippen LogP contribution in [0.3, 0.4) is 0 Å². The van der Waals surface area contributed by atoms with Crippen LogP contribution >= 0.6 is 12.2 Å². The van der Waals surface area contributed by atoms with Gasteiger partial charge < -0.3 is 25.9 Å². The van der Waals surface area contributed by atoms with Gasteiger partial charge in [-0.2, -0.15) is 0 Å². The van der Waals surface area contributed by atoms with Crippen LogP contribution in [0, 0.1) is 0 Å². The maximum atomic E-state index is 9.11. The zero-order valence-corrected chi connectivity index (χ0v) is 11.2. The third-order valence-electron chi connectivity index (χ3n) is 3.16. The minimum absolute atomic E-state index is 0.0779. The van der Waals surface area contributed by atoms with Gasteiger partial charge in [-0.15, -0.1) is 0 Å². The molecule has 7 nitrogen and oxygen atoms in total. The molecule has 0 amide bonds. The minimum atomic E-state index is -0.382. The highest BCUT2D eigenvalue weighted by molar-refractivity contribution is 7.80. The maximum Gasteiger partial charge on any atom is 0.155 e. The summed E-state index contributed by atoms with van der Waals surface area (Å²) in [5, 5.41) is 9.72. The number of ether oxygens (including phenoxy) is 1. The van der Waals surface area contributed by atoms with Gasteiger partial charge in [0.25, 0.3) is 0 Å². The van der Waals surface area contributed by atoms with E-state index in [1.165, 1.54) is 6.33 Å². The van der Waals surface area contributed by atoms with Crippen molar-refractivity contribution >= 4 is 34.1 Å². The Kier molecular flexibility index (Phi) is 3.13. The highest BCUT2D eigenvalue weighted by Gasteiger charge is 2.24. The number of nitrogens with zero attached hydrogens (tertiary/aromatic N) is 3. The molecule has 5 N–H and O–H groups in total. The maximum absolute atomic E-state index is 9.11. The van der Waals surface area contributed by atoms with Crippen LogP contribution in [0.1, 0.15) is 11.8 Å². The monoisotopic (exact) mass is 291 g/mol. The molecule has 1 aliphatic rings. The van der Waals surface area contributed by atoms with E-state index in [1.807, 2.05) is 6.08 Å². The van der Waals surface area contributed by atoms with Gasteiger partial charge in [0.15, 0.2) is 6.23 Å². The molecule has 0 aliphatic carbocycles. The molecule has 0 unspecified atom stereocenters. The second-order valence-corrected chi connectivity index (χ2v) is 4.84. The van der Waals surface area contributed by atoms with Gasteiger partial charge in [-0.25, -0.2) is 9.97 Å². The lowest BCUT2D eigenvalue weighted by molar-refractivity contribution is -0.00614. The first-order chi connectivity index (χ1) is 9.61. The second kappa shape index (κ2) is 4.82. The average molecular weight is 291 g/mol. The Balaban J connectivity index is 2.15. The molecule has 0 aromatic carbocycles. The van der Waals surface area contributed by atoms with E-state index >= 15 is 0 Å². The van der Waals surface area contributed by atoms with Crippen LogP contribution in [0.5, 0.6) is 0 Å². The summed E-state index contributed by atoms with van der Waals surface area (Å²) in [7, 11) is 0. The molecule has 0 bridgehead atoms. The Morgan fingerprint density at radius 1 is 1.45 bits per heavy atom. The highest BCUT2D eigenvalue weighted by Crippen LogP contribution is 2.30. The number of nitrogens with two attached hydrogens (primary N) is 2. The number of thiocarbonyl (C=S) groups is 1. The standard InChI is InChI=1S/C12H13N5O2S/c13-10-9-7(11(14)20)3-17(12(9)16-5-15-10)8-2-1-6(4-18)19-8/h1-3,5-6,8,18H,4H2,(H2,14,20)(H2,13,15,16)/t6-,8+/m0/s1. The van der Waals surface area contributed by atoms with Gasteiger partial charge >= 0.3 is 0 Å². The van der Waals surface area contributed by atoms with E-state index in [9.17, 15) is 0 Å². The van der Waals surface area contributed by atoms with Crippen molar-refractivity contribution in [3.8, 4) is 0 Å². The molecular weight excluding hydrogens is 278 g/mol. The molecule has 0 spiro atoms. The van der Waals surface area contributed by atoms with Crippen molar-refractivity contribution in [3.63, 3.8) is 0 Å². The molecule has 2 aromatic heterocycles. The second-order valence-electron chi connectivity index (χ2n) is 4.40. The van der Waals surface area contributed by atoms with Crippen molar-refractivity contribution in [3.05, 3.63) is 30.2 Å². The summed E-state index contributed by atoms with van der Waals surface area (Å²) in [6.07, 6.45) is 6.03. The molecule has 3 heterocycles. The van der Waals surface area contributed by atoms with Crippen molar-refractivity contribution in [1.82, 2.24) is 14.5 Å². The molecule has 2 aromatic rings. The number of hydrogen-bond donors (Lipinski definition) is 3. The summed E-state index contributed by atoms with van der Waals surface area (Å²) in [6.45, 7) is -0.0779. The quantitative estimate of drug-likeness (QED) is 0.543. The fraction of sp³-hybridized carbons (Fsp3) is 0.250. The first-order valence-electron chi connectivity index (χ1n) is 5.97. The Morgan fingerprint density at radius 3 is 2.90 bits per heavy atom. The average Bonchev–Trinajstić information content (AvgIpc) is 3.02. The summed E-state index contributed by atoms with van der Waals surface area (Å²) < 4.78 is 7.43. The third-order valence-corrected chi connectivity index (χ3v) is 3.38. The first kappa shape index (κ1) is 13.0. The summed E-state index contributed by atoms with van der Waals surface area (Å²) in [4.78, 5) is 8.40. The summed E-state index contributed by atoms with van der Waals surface area (Å²) in [5.41, 5.74) is 12.8. The summed E-state index contributed by atoms with van der Waals surface area (Å²) >= 11 is 5.04. The zero-order valence-electron chi connectivity index (χ0n) is 10.4. The van der Waals surface area contributed by atoms with E-state index in [2.05, 4.69) is 9.97 Å². The number of aromatic nitrogens is 3. The van der Waals surface area contributed by atoms with E-state index in [0.717, 1.165) is 0 Å². The summed E-state index contributed by atoms with van der Waals surface area (Å²) in [6, 6.07) is 0. The predicted octanol–water partition coefficient (Wildman–Crippen LogP) is 0.0936. The largest absolute Gasteiger partial charge is 0.393 e. The number of rotatable bonds is 3. The lowest BCUT2D eigenvalue weighted by Gasteiger charge is -2.14. The van der Waals surface area contributed by atoms with Crippen LogP contribution in [0.25, 0.3) is 11.0 Å². The van der Waals surface area contributed by atoms with Crippen molar-refractivity contribution < 1.29 is 9.84 Å². The van der Waals surface area contributed by atoms with Crippen molar-refractivity contribution in [2.45, 2.75) is 12.3 Å². The van der Waals surface area contributed by atoms with Gasteiger partial charge in [-0.05, 0) is 6.08 Å². The predicted molar refractivity (Wildman–Crippen MR) is 78.0 cm³/mol. The Labute approximate surface area is 119 Å². The third kappa shape index (κ3) is 1.94. The Bertz CT molecular complexity index is 711. The molecule has 1 aliphatic heterocycles. The van der Waals surface area contributed by atoms with Crippen LogP contribution in [0.4, 0.5) is 5.82 Å². The van der Waals surface area contributed by atoms with Crippen LogP contribution in [-0.2, 0) is 4.74 Å². The number of aliphatic hydroxyl groups excluding tert-OH is 1. The van der Waals surface area contributed by atoms with Gasteiger partial charge in [0.2, 0.25) is 0 Å². The molecule has 20 heavy (non-hydrogen) atoms. The fourth-order valence-electron chi connectivity index (χ4n) is 2.24. The SMILES string of the molecule is NC(=S)c1cn([C@H]2C=C[C@@H](CO)O2)c2ncnc(N)c12. The molecule has 0 fully saturated rings. The molecule has 0 saturated carbocycles. The number of anilines is 1. The topological polar surface area (TPSA) is 112 Å². The lowest BCUT2D eigenvalue weighted by atomic mass is 10.2. The van der Waals surface area contributed by atoms with Crippen molar-refractivity contribution in [2.24, 2.45) is 5.73 Å². The van der Waals surface area contributed by atoms with Crippen LogP contribution in [-0.4, -0.2) is 37.3 Å². The molecular formula is C12H13N5O2S. The van der Waals surface area contributed by atoms with E-state index in [-0.39, 0.29) is 23.9 Å². The Hall–Kier alpha value is -2.03. The van der Waals surface area contributed by atoms with E-state index < -0.39 is 0 Å². The Morgan fingerprint density at radius 2 is 2.25 bits per heavy atom. The van der Waals surface area contributed by atoms with Gasteiger partial charge in [0.05, 0.1) is 12.0 Å². The van der Waals surface area contributed by atoms with Crippen LogP contribution in [0.2, 0.25) is 0 Å². The highest BCUT2D eigenvalue weighted by atomic mass is 32.1. The minimum Gasteiger partial charge on any atom is -0.393 e. The van der Waals surface area contributed by atoms with Gasteiger partial charge in [0.1, 0.15) is 28.9 Å². The molecule has 3 rings (SSSR count). The fourth-order valence-corrected chi connectivity index (χ4v) is 2.39. The van der Waals surface area contributed by atoms with Gasteiger partial charge in [0, 0.05) is 11.8 Å². The molecule has 8 heteroatoms. The van der Waals surface area contributed by atoms with Crippen LogP contribution in [0.15, 0.2) is 24.7 Å². The van der Waals surface area contributed by atoms with Crippen molar-refractivity contribution in [1.29, 1.82) is 0 Å². The molecule has 2 atom stereocenters. The number of hydrogen-bond acceptors (Lipinski definition) is 6. The van der Waals surface area contributed by atoms with Crippen molar-refractivity contribution in [2.75, 3.05) is 12.3 Å². The zero-order chi connectivity index (χ0) is 14.3. The van der Waals surface area contributed by atoms with Gasteiger partial charge in [-0.3, -0.25) is 0 Å². The number of fused-ring (bicyclic) bond motifs is 1. The molecule has 104 valence electrons. The number of nitrogen functional groups attached to an aromatic ring is 1.